The number of nitrogens with one attached hydrogen (secondary N) is 1. The lowest BCUT2D eigenvalue weighted by Gasteiger charge is -2.07. The highest BCUT2D eigenvalue weighted by Gasteiger charge is 2.27. The molecular formula is C20H16FN3O3S. The van der Waals surface area contributed by atoms with Gasteiger partial charge in [0.1, 0.15) is 5.71 Å². The molecule has 0 fully saturated rings. The van der Waals surface area contributed by atoms with Crippen molar-refractivity contribution in [1.29, 1.82) is 0 Å². The highest BCUT2D eigenvalue weighted by atomic mass is 32.1. The summed E-state index contributed by atoms with van der Waals surface area (Å²) in [5.41, 5.74) is 2.43. The van der Waals surface area contributed by atoms with Gasteiger partial charge in [-0.05, 0) is 23.8 Å². The van der Waals surface area contributed by atoms with E-state index in [1.54, 1.807) is 11.4 Å². The standard InChI is InChI=1S/C20H16FN3O3S/c1-26-17-8-7-13(9-14(17)21)16-11-28-20(22-16)23-19(25)15-10-18(27-24-15)12-5-3-2-4-6-12/h2-9,11,18H,10H2,1H3,(H,22,23,25). The van der Waals surface area contributed by atoms with E-state index in [-0.39, 0.29) is 17.8 Å². The van der Waals surface area contributed by atoms with Crippen molar-refractivity contribution in [3.05, 3.63) is 65.3 Å². The number of amides is 1. The predicted octanol–water partition coefficient (Wildman–Crippen LogP) is 4.41. The second-order valence-electron chi connectivity index (χ2n) is 6.09. The fourth-order valence-corrected chi connectivity index (χ4v) is 3.53. The van der Waals surface area contributed by atoms with Crippen LogP contribution in [0.3, 0.4) is 0 Å². The van der Waals surface area contributed by atoms with Crippen LogP contribution in [0.15, 0.2) is 59.1 Å². The van der Waals surface area contributed by atoms with Gasteiger partial charge in [0.15, 0.2) is 22.8 Å². The maximum Gasteiger partial charge on any atom is 0.275 e. The average molecular weight is 397 g/mol. The highest BCUT2D eigenvalue weighted by Crippen LogP contribution is 2.30. The number of thiazole rings is 1. The van der Waals surface area contributed by atoms with Crippen molar-refractivity contribution in [2.45, 2.75) is 12.5 Å². The first-order valence-corrected chi connectivity index (χ1v) is 9.40. The number of rotatable bonds is 5. The molecule has 0 saturated heterocycles. The van der Waals surface area contributed by atoms with Crippen molar-refractivity contribution in [3.63, 3.8) is 0 Å². The summed E-state index contributed by atoms with van der Waals surface area (Å²) in [7, 11) is 1.41. The number of carbonyl (C=O) groups excluding carboxylic acids is 1. The van der Waals surface area contributed by atoms with E-state index in [0.29, 0.717) is 28.5 Å². The summed E-state index contributed by atoms with van der Waals surface area (Å²) in [6.07, 6.45) is 0.119. The van der Waals surface area contributed by atoms with E-state index < -0.39 is 5.82 Å². The molecule has 1 atom stereocenters. The molecule has 2 heterocycles. The fourth-order valence-electron chi connectivity index (χ4n) is 2.82. The van der Waals surface area contributed by atoms with Crippen LogP contribution in [0, 0.1) is 5.82 Å². The van der Waals surface area contributed by atoms with Crippen molar-refractivity contribution in [2.75, 3.05) is 12.4 Å². The van der Waals surface area contributed by atoms with Gasteiger partial charge in [0.25, 0.3) is 5.91 Å². The molecule has 142 valence electrons. The predicted molar refractivity (Wildman–Crippen MR) is 105 cm³/mol. The van der Waals surface area contributed by atoms with E-state index in [1.165, 1.54) is 30.6 Å². The third-order valence-corrected chi connectivity index (χ3v) is 5.03. The summed E-state index contributed by atoms with van der Waals surface area (Å²) in [5.74, 6) is -0.664. The van der Waals surface area contributed by atoms with Gasteiger partial charge in [-0.25, -0.2) is 9.37 Å². The van der Waals surface area contributed by atoms with Gasteiger partial charge in [-0.2, -0.15) is 0 Å². The summed E-state index contributed by atoms with van der Waals surface area (Å²) in [5, 5.41) is 8.78. The third kappa shape index (κ3) is 3.72. The lowest BCUT2D eigenvalue weighted by Crippen LogP contribution is -2.21. The molecule has 2 aromatic carbocycles. The smallest absolute Gasteiger partial charge is 0.275 e. The summed E-state index contributed by atoms with van der Waals surface area (Å²) in [6, 6.07) is 14.2. The van der Waals surface area contributed by atoms with Crippen LogP contribution in [-0.4, -0.2) is 23.7 Å². The zero-order valence-corrected chi connectivity index (χ0v) is 15.7. The largest absolute Gasteiger partial charge is 0.494 e. The molecule has 1 aliphatic heterocycles. The van der Waals surface area contributed by atoms with Crippen molar-refractivity contribution >= 4 is 28.1 Å². The Balaban J connectivity index is 1.41. The van der Waals surface area contributed by atoms with Crippen LogP contribution in [0.1, 0.15) is 18.1 Å². The Bertz CT molecular complexity index is 1040. The van der Waals surface area contributed by atoms with Crippen LogP contribution >= 0.6 is 11.3 Å². The van der Waals surface area contributed by atoms with Crippen LogP contribution in [0.25, 0.3) is 11.3 Å². The lowest BCUT2D eigenvalue weighted by molar-refractivity contribution is -0.110. The highest BCUT2D eigenvalue weighted by molar-refractivity contribution is 7.14. The van der Waals surface area contributed by atoms with Gasteiger partial charge in [0.2, 0.25) is 0 Å². The van der Waals surface area contributed by atoms with Gasteiger partial charge in [0.05, 0.1) is 12.8 Å². The minimum absolute atomic E-state index is 0.166. The third-order valence-electron chi connectivity index (χ3n) is 4.27. The number of carbonyl (C=O) groups is 1. The van der Waals surface area contributed by atoms with E-state index in [2.05, 4.69) is 15.5 Å². The lowest BCUT2D eigenvalue weighted by atomic mass is 10.0. The molecule has 0 aliphatic carbocycles. The van der Waals surface area contributed by atoms with E-state index in [9.17, 15) is 9.18 Å². The molecule has 0 saturated carbocycles. The first-order valence-electron chi connectivity index (χ1n) is 8.52. The molecular weight excluding hydrogens is 381 g/mol. The fraction of sp³-hybridized carbons (Fsp3) is 0.150. The normalized spacial score (nSPS) is 15.6. The van der Waals surface area contributed by atoms with Crippen LogP contribution in [-0.2, 0) is 9.63 Å². The van der Waals surface area contributed by atoms with Crippen LogP contribution in [0.5, 0.6) is 5.75 Å². The van der Waals surface area contributed by atoms with Gasteiger partial charge in [-0.15, -0.1) is 11.3 Å². The van der Waals surface area contributed by atoms with E-state index >= 15 is 0 Å². The average Bonchev–Trinajstić information content (AvgIpc) is 3.38. The van der Waals surface area contributed by atoms with Gasteiger partial charge in [0, 0.05) is 17.4 Å². The van der Waals surface area contributed by atoms with Gasteiger partial charge in [-0.1, -0.05) is 35.5 Å². The molecule has 0 spiro atoms. The molecule has 3 aromatic rings. The number of aromatic nitrogens is 1. The Labute approximate surface area is 164 Å². The molecule has 1 N–H and O–H groups in total. The topological polar surface area (TPSA) is 72.8 Å². The maximum atomic E-state index is 13.9. The monoisotopic (exact) mass is 397 g/mol. The molecule has 6 nitrogen and oxygen atoms in total. The van der Waals surface area contributed by atoms with Crippen LogP contribution < -0.4 is 10.1 Å². The minimum Gasteiger partial charge on any atom is -0.494 e. The van der Waals surface area contributed by atoms with Crippen molar-refractivity contribution in [2.24, 2.45) is 5.16 Å². The molecule has 4 rings (SSSR count). The second-order valence-corrected chi connectivity index (χ2v) is 6.95. The Morgan fingerprint density at radius 2 is 2.11 bits per heavy atom. The Kier molecular flexibility index (Phi) is 5.03. The second kappa shape index (κ2) is 7.77. The first-order chi connectivity index (χ1) is 13.6. The summed E-state index contributed by atoms with van der Waals surface area (Å²) in [4.78, 5) is 22.2. The Hall–Kier alpha value is -3.26. The number of benzene rings is 2. The molecule has 1 aromatic heterocycles. The van der Waals surface area contributed by atoms with E-state index in [0.717, 1.165) is 5.56 Å². The molecule has 28 heavy (non-hydrogen) atoms. The molecule has 1 aliphatic rings. The zero-order chi connectivity index (χ0) is 19.5. The SMILES string of the molecule is COc1ccc(-c2csc(NC(=O)C3=NOC(c4ccccc4)C3)n2)cc1F. The van der Waals surface area contributed by atoms with Gasteiger partial charge >= 0.3 is 0 Å². The van der Waals surface area contributed by atoms with E-state index in [4.69, 9.17) is 9.57 Å². The van der Waals surface area contributed by atoms with Crippen LogP contribution in [0.4, 0.5) is 9.52 Å². The van der Waals surface area contributed by atoms with Gasteiger partial charge < -0.3 is 9.57 Å². The number of hydrogen-bond donors (Lipinski definition) is 1. The first kappa shape index (κ1) is 18.1. The number of ether oxygens (including phenoxy) is 1. The number of hydrogen-bond acceptors (Lipinski definition) is 6. The minimum atomic E-state index is -0.469. The molecule has 1 amide bonds. The van der Waals surface area contributed by atoms with Crippen LogP contribution in [0.2, 0.25) is 0 Å². The molecule has 8 heteroatoms. The molecule has 1 unspecified atom stereocenters. The molecule has 0 radical (unpaired) electrons. The summed E-state index contributed by atoms with van der Waals surface area (Å²) < 4.78 is 18.8. The molecule has 0 bridgehead atoms. The van der Waals surface area contributed by atoms with Crippen molar-refractivity contribution < 1.29 is 18.8 Å². The van der Waals surface area contributed by atoms with E-state index in [1.807, 2.05) is 30.3 Å². The number of anilines is 1. The van der Waals surface area contributed by atoms with Crippen molar-refractivity contribution in [1.82, 2.24) is 4.98 Å². The number of methoxy groups -OCH3 is 1. The number of oxime groups is 1. The summed E-state index contributed by atoms with van der Waals surface area (Å²) >= 11 is 1.25. The van der Waals surface area contributed by atoms with Gasteiger partial charge in [-0.3, -0.25) is 10.1 Å². The zero-order valence-electron chi connectivity index (χ0n) is 14.9. The number of nitrogens with zero attached hydrogens (tertiary/aromatic N) is 2. The van der Waals surface area contributed by atoms with Crippen molar-refractivity contribution in [3.8, 4) is 17.0 Å². The quantitative estimate of drug-likeness (QED) is 0.692. The Morgan fingerprint density at radius 1 is 1.29 bits per heavy atom. The Morgan fingerprint density at radius 3 is 2.86 bits per heavy atom. The maximum absolute atomic E-state index is 13.9. The number of halogens is 1. The summed E-state index contributed by atoms with van der Waals surface area (Å²) in [6.45, 7) is 0.